The van der Waals surface area contributed by atoms with E-state index in [1.807, 2.05) is 5.01 Å². The Morgan fingerprint density at radius 3 is 2.46 bits per heavy atom. The largest absolute Gasteiger partial charge is 0.493 e. The van der Waals surface area contributed by atoms with E-state index in [0.717, 1.165) is 30.5 Å². The zero-order valence-corrected chi connectivity index (χ0v) is 13.7. The average Bonchev–Trinajstić information content (AvgIpc) is 2.57. The van der Waals surface area contributed by atoms with Gasteiger partial charge < -0.3 is 5.11 Å². The number of halogens is 1. The van der Waals surface area contributed by atoms with Crippen molar-refractivity contribution >= 4 is 17.8 Å². The predicted molar refractivity (Wildman–Crippen MR) is 92.4 cm³/mol. The second kappa shape index (κ2) is 6.92. The number of hydrogen-bond acceptors (Lipinski definition) is 5. The molecule has 0 amide bonds. The lowest BCUT2D eigenvalue weighted by molar-refractivity contribution is 0.240. The van der Waals surface area contributed by atoms with Gasteiger partial charge in [0, 0.05) is 18.1 Å². The number of H-pyrrole nitrogens is 1. The molecule has 0 spiro atoms. The Labute approximate surface area is 142 Å². The molecule has 24 heavy (non-hydrogen) atoms. The third-order valence-corrected chi connectivity index (χ3v) is 4.14. The summed E-state index contributed by atoms with van der Waals surface area (Å²) < 4.78 is 1.01. The van der Waals surface area contributed by atoms with Gasteiger partial charge in [0.15, 0.2) is 0 Å². The Balaban J connectivity index is 2.02. The topological polar surface area (TPSA) is 90.7 Å². The quantitative estimate of drug-likeness (QED) is 0.826. The molecule has 0 saturated carbocycles. The van der Waals surface area contributed by atoms with Crippen molar-refractivity contribution in [1.82, 2.24) is 14.6 Å². The van der Waals surface area contributed by atoms with Crippen LogP contribution in [0.3, 0.4) is 0 Å². The fraction of sp³-hybridized carbons (Fsp3) is 0.312. The Kier molecular flexibility index (Phi) is 4.71. The van der Waals surface area contributed by atoms with Gasteiger partial charge in [0.25, 0.3) is 5.56 Å². The van der Waals surface area contributed by atoms with E-state index in [4.69, 9.17) is 11.6 Å². The van der Waals surface area contributed by atoms with Crippen LogP contribution in [-0.4, -0.2) is 39.0 Å². The summed E-state index contributed by atoms with van der Waals surface area (Å²) in [5, 5.41) is 17.0. The van der Waals surface area contributed by atoms with Gasteiger partial charge in [-0.15, -0.1) is 0 Å². The van der Waals surface area contributed by atoms with Crippen LogP contribution >= 0.6 is 11.6 Å². The number of aromatic nitrogens is 2. The molecule has 0 bridgehead atoms. The minimum absolute atomic E-state index is 0.0601. The molecule has 1 fully saturated rings. The highest BCUT2D eigenvalue weighted by atomic mass is 35.5. The highest BCUT2D eigenvalue weighted by molar-refractivity contribution is 6.30. The molecule has 126 valence electrons. The van der Waals surface area contributed by atoms with Crippen LogP contribution in [0.25, 0.3) is 5.69 Å². The number of piperidine rings is 1. The van der Waals surface area contributed by atoms with Crippen molar-refractivity contribution in [2.45, 2.75) is 19.3 Å². The van der Waals surface area contributed by atoms with Crippen LogP contribution < -0.4 is 11.2 Å². The third kappa shape index (κ3) is 3.35. The van der Waals surface area contributed by atoms with Crippen LogP contribution in [0.15, 0.2) is 39.0 Å². The molecule has 1 aromatic carbocycles. The molecule has 1 aliphatic heterocycles. The summed E-state index contributed by atoms with van der Waals surface area (Å²) in [6, 6.07) is 6.34. The fourth-order valence-electron chi connectivity index (χ4n) is 2.62. The Morgan fingerprint density at radius 1 is 1.12 bits per heavy atom. The van der Waals surface area contributed by atoms with Gasteiger partial charge in [-0.25, -0.2) is 9.36 Å². The molecule has 3 rings (SSSR count). The lowest BCUT2D eigenvalue weighted by Gasteiger charge is -2.23. The molecule has 2 aromatic rings. The number of aromatic amines is 1. The van der Waals surface area contributed by atoms with E-state index in [0.29, 0.717) is 10.7 Å². The van der Waals surface area contributed by atoms with Gasteiger partial charge >= 0.3 is 5.69 Å². The van der Waals surface area contributed by atoms with E-state index < -0.39 is 17.1 Å². The molecule has 1 saturated heterocycles. The highest BCUT2D eigenvalue weighted by Gasteiger charge is 2.15. The molecule has 7 nitrogen and oxygen atoms in total. The number of nitrogens with one attached hydrogen (secondary N) is 1. The SMILES string of the molecule is O=c1[nH]c(=O)n(-c2ccc(Cl)cc2)c(O)c1/C=N/N1CCCCC1. The molecule has 0 radical (unpaired) electrons. The lowest BCUT2D eigenvalue weighted by atomic mass is 10.2. The summed E-state index contributed by atoms with van der Waals surface area (Å²) in [6.07, 6.45) is 4.55. The minimum Gasteiger partial charge on any atom is -0.493 e. The van der Waals surface area contributed by atoms with Crippen LogP contribution in [-0.2, 0) is 0 Å². The number of hydrogen-bond donors (Lipinski definition) is 2. The molecule has 0 atom stereocenters. The summed E-state index contributed by atoms with van der Waals surface area (Å²) in [5.74, 6) is -0.452. The maximum absolute atomic E-state index is 12.1. The average molecular weight is 349 g/mol. The van der Waals surface area contributed by atoms with Gasteiger partial charge in [-0.05, 0) is 43.5 Å². The summed E-state index contributed by atoms with van der Waals surface area (Å²) in [6.45, 7) is 1.62. The molecule has 0 unspecified atom stereocenters. The number of nitrogens with zero attached hydrogens (tertiary/aromatic N) is 3. The lowest BCUT2D eigenvalue weighted by Crippen LogP contribution is -2.32. The van der Waals surface area contributed by atoms with Crippen LogP contribution in [0.1, 0.15) is 24.8 Å². The Bertz CT molecular complexity index is 864. The molecule has 1 aliphatic rings. The zero-order chi connectivity index (χ0) is 17.1. The van der Waals surface area contributed by atoms with E-state index in [2.05, 4.69) is 10.1 Å². The first-order valence-corrected chi connectivity index (χ1v) is 8.07. The van der Waals surface area contributed by atoms with Crippen LogP contribution in [0.4, 0.5) is 0 Å². The third-order valence-electron chi connectivity index (χ3n) is 3.89. The number of hydrazone groups is 1. The monoisotopic (exact) mass is 348 g/mol. The minimum atomic E-state index is -0.727. The van der Waals surface area contributed by atoms with Crippen molar-refractivity contribution < 1.29 is 5.11 Å². The molecule has 0 aliphatic carbocycles. The van der Waals surface area contributed by atoms with Crippen molar-refractivity contribution in [3.8, 4) is 11.6 Å². The number of benzene rings is 1. The predicted octanol–water partition coefficient (Wildman–Crippen LogP) is 1.70. The number of aromatic hydroxyl groups is 1. The summed E-state index contributed by atoms with van der Waals surface area (Å²) in [4.78, 5) is 26.3. The van der Waals surface area contributed by atoms with Crippen LogP contribution in [0.5, 0.6) is 5.88 Å². The first-order valence-electron chi connectivity index (χ1n) is 7.69. The maximum Gasteiger partial charge on any atom is 0.335 e. The first-order chi connectivity index (χ1) is 11.6. The van der Waals surface area contributed by atoms with Gasteiger partial charge in [0.2, 0.25) is 5.88 Å². The maximum atomic E-state index is 12.1. The smallest absolute Gasteiger partial charge is 0.335 e. The molecule has 2 heterocycles. The molecular weight excluding hydrogens is 332 g/mol. The van der Waals surface area contributed by atoms with E-state index in [1.165, 1.54) is 12.6 Å². The number of rotatable bonds is 3. The molecule has 2 N–H and O–H groups in total. The van der Waals surface area contributed by atoms with E-state index in [9.17, 15) is 14.7 Å². The normalized spacial score (nSPS) is 15.1. The van der Waals surface area contributed by atoms with Gasteiger partial charge in [-0.1, -0.05) is 11.6 Å². The van der Waals surface area contributed by atoms with E-state index in [1.54, 1.807) is 24.3 Å². The summed E-state index contributed by atoms with van der Waals surface area (Å²) in [5.41, 5.74) is -1.07. The zero-order valence-electron chi connectivity index (χ0n) is 12.9. The van der Waals surface area contributed by atoms with E-state index in [-0.39, 0.29) is 5.56 Å². The van der Waals surface area contributed by atoms with E-state index >= 15 is 0 Å². The van der Waals surface area contributed by atoms with Gasteiger partial charge in [0.1, 0.15) is 5.56 Å². The fourth-order valence-corrected chi connectivity index (χ4v) is 2.74. The first kappa shape index (κ1) is 16.3. The molecular formula is C16H17ClN4O3. The second-order valence-electron chi connectivity index (χ2n) is 5.57. The van der Waals surface area contributed by atoms with Crippen molar-refractivity contribution in [3.05, 3.63) is 55.7 Å². The Hall–Kier alpha value is -2.54. The summed E-state index contributed by atoms with van der Waals surface area (Å²) in [7, 11) is 0. The van der Waals surface area contributed by atoms with Crippen LogP contribution in [0, 0.1) is 0 Å². The standard InChI is InChI=1S/C16H17ClN4O3/c17-11-4-6-12(7-5-11)21-15(23)13(14(22)19-16(21)24)10-18-20-8-2-1-3-9-20/h4-7,10,23H,1-3,8-9H2,(H,19,22,24)/b18-10+. The van der Waals surface area contributed by atoms with Crippen molar-refractivity contribution in [1.29, 1.82) is 0 Å². The Morgan fingerprint density at radius 2 is 1.79 bits per heavy atom. The molecule has 8 heteroatoms. The second-order valence-corrected chi connectivity index (χ2v) is 6.00. The van der Waals surface area contributed by atoms with Crippen molar-refractivity contribution in [3.63, 3.8) is 0 Å². The van der Waals surface area contributed by atoms with Crippen LogP contribution in [0.2, 0.25) is 5.02 Å². The summed E-state index contributed by atoms with van der Waals surface area (Å²) >= 11 is 5.84. The van der Waals surface area contributed by atoms with Crippen molar-refractivity contribution in [2.24, 2.45) is 5.10 Å². The van der Waals surface area contributed by atoms with Crippen molar-refractivity contribution in [2.75, 3.05) is 13.1 Å². The highest BCUT2D eigenvalue weighted by Crippen LogP contribution is 2.18. The molecule has 1 aromatic heterocycles. The van der Waals surface area contributed by atoms with Gasteiger partial charge in [0.05, 0.1) is 11.9 Å². The van der Waals surface area contributed by atoms with Gasteiger partial charge in [-0.3, -0.25) is 14.8 Å². The van der Waals surface area contributed by atoms with Gasteiger partial charge in [-0.2, -0.15) is 5.10 Å².